The molecule has 0 fully saturated rings. The fraction of sp³-hybridized carbons (Fsp3) is 0.143. The van der Waals surface area contributed by atoms with Gasteiger partial charge in [0.25, 0.3) is 0 Å². The van der Waals surface area contributed by atoms with Gasteiger partial charge in [-0.15, -0.1) is 0 Å². The monoisotopic (exact) mass is 258 g/mol. The quantitative estimate of drug-likeness (QED) is 0.859. The molecule has 3 nitrogen and oxygen atoms in total. The zero-order chi connectivity index (χ0) is 13.1. The van der Waals surface area contributed by atoms with E-state index in [4.69, 9.17) is 22.7 Å². The van der Waals surface area contributed by atoms with Gasteiger partial charge >= 0.3 is 0 Å². The number of rotatable bonds is 3. The van der Waals surface area contributed by atoms with Crippen LogP contribution in [0.5, 0.6) is 11.6 Å². The minimum atomic E-state index is 0.296. The van der Waals surface area contributed by atoms with E-state index in [2.05, 4.69) is 4.98 Å². The normalized spacial score (nSPS) is 10.1. The molecule has 0 unspecified atom stereocenters. The Balaban J connectivity index is 2.44. The highest BCUT2D eigenvalue weighted by Gasteiger charge is 2.12. The summed E-state index contributed by atoms with van der Waals surface area (Å²) in [7, 11) is 0. The Labute approximate surface area is 112 Å². The molecule has 0 aliphatic rings. The molecule has 0 atom stereocenters. The van der Waals surface area contributed by atoms with Crippen molar-refractivity contribution in [2.75, 3.05) is 0 Å². The zero-order valence-corrected chi connectivity index (χ0v) is 11.1. The molecule has 0 aliphatic heterocycles. The van der Waals surface area contributed by atoms with Gasteiger partial charge in [0.1, 0.15) is 10.7 Å². The SMILES string of the molecule is Cc1ccccc1Oc1nccc(C)c1C(N)=S. The first-order valence-corrected chi connectivity index (χ1v) is 5.99. The van der Waals surface area contributed by atoms with Gasteiger partial charge in [-0.25, -0.2) is 4.98 Å². The smallest absolute Gasteiger partial charge is 0.229 e. The maximum absolute atomic E-state index is 5.80. The van der Waals surface area contributed by atoms with Crippen LogP contribution in [0.15, 0.2) is 36.5 Å². The number of benzene rings is 1. The fourth-order valence-electron chi connectivity index (χ4n) is 1.69. The summed E-state index contributed by atoms with van der Waals surface area (Å²) in [5.41, 5.74) is 8.41. The number of pyridine rings is 1. The van der Waals surface area contributed by atoms with E-state index >= 15 is 0 Å². The number of para-hydroxylation sites is 1. The maximum atomic E-state index is 5.80. The number of nitrogens with zero attached hydrogens (tertiary/aromatic N) is 1. The summed E-state index contributed by atoms with van der Waals surface area (Å²) in [6.45, 7) is 3.91. The Kier molecular flexibility index (Phi) is 3.58. The predicted molar refractivity (Wildman–Crippen MR) is 76.1 cm³/mol. The van der Waals surface area contributed by atoms with E-state index < -0.39 is 0 Å². The highest BCUT2D eigenvalue weighted by molar-refractivity contribution is 7.80. The van der Waals surface area contributed by atoms with E-state index in [1.54, 1.807) is 6.20 Å². The second-order valence-corrected chi connectivity index (χ2v) is 4.48. The Morgan fingerprint density at radius 2 is 1.89 bits per heavy atom. The van der Waals surface area contributed by atoms with Crippen molar-refractivity contribution in [3.63, 3.8) is 0 Å². The summed E-state index contributed by atoms with van der Waals surface area (Å²) in [4.78, 5) is 4.50. The molecule has 2 rings (SSSR count). The van der Waals surface area contributed by atoms with Gasteiger partial charge in [0.05, 0.1) is 5.56 Å². The van der Waals surface area contributed by atoms with Gasteiger partial charge in [0.2, 0.25) is 5.88 Å². The lowest BCUT2D eigenvalue weighted by atomic mass is 10.1. The first kappa shape index (κ1) is 12.5. The second-order valence-electron chi connectivity index (χ2n) is 4.04. The van der Waals surface area contributed by atoms with E-state index in [-0.39, 0.29) is 0 Å². The lowest BCUT2D eigenvalue weighted by molar-refractivity contribution is 0.458. The average molecular weight is 258 g/mol. The van der Waals surface area contributed by atoms with E-state index in [9.17, 15) is 0 Å². The van der Waals surface area contributed by atoms with Crippen LogP contribution in [0, 0.1) is 13.8 Å². The zero-order valence-electron chi connectivity index (χ0n) is 10.3. The first-order chi connectivity index (χ1) is 8.59. The molecule has 92 valence electrons. The van der Waals surface area contributed by atoms with E-state index in [1.165, 1.54) is 0 Å². The molecule has 0 bridgehead atoms. The van der Waals surface area contributed by atoms with Crippen molar-refractivity contribution >= 4 is 17.2 Å². The minimum Gasteiger partial charge on any atom is -0.438 e. The number of hydrogen-bond acceptors (Lipinski definition) is 3. The molecule has 0 saturated heterocycles. The molecule has 2 N–H and O–H groups in total. The van der Waals surface area contributed by atoms with Crippen LogP contribution < -0.4 is 10.5 Å². The third-order valence-electron chi connectivity index (χ3n) is 2.67. The van der Waals surface area contributed by atoms with Crippen molar-refractivity contribution in [3.8, 4) is 11.6 Å². The predicted octanol–water partition coefficient (Wildman–Crippen LogP) is 3.12. The van der Waals surface area contributed by atoms with E-state index in [0.717, 1.165) is 16.9 Å². The molecule has 1 aromatic carbocycles. The number of thiocarbonyl (C=S) groups is 1. The third-order valence-corrected chi connectivity index (χ3v) is 2.88. The molecule has 0 aliphatic carbocycles. The molecule has 0 radical (unpaired) electrons. The molecule has 0 spiro atoms. The van der Waals surface area contributed by atoms with Gasteiger partial charge in [-0.2, -0.15) is 0 Å². The molecule has 1 aromatic heterocycles. The van der Waals surface area contributed by atoms with Crippen LogP contribution in [0.25, 0.3) is 0 Å². The number of nitrogens with two attached hydrogens (primary N) is 1. The van der Waals surface area contributed by atoms with Crippen molar-refractivity contribution in [2.45, 2.75) is 13.8 Å². The van der Waals surface area contributed by atoms with Crippen LogP contribution >= 0.6 is 12.2 Å². The van der Waals surface area contributed by atoms with Crippen LogP contribution in [-0.4, -0.2) is 9.97 Å². The van der Waals surface area contributed by atoms with Gasteiger partial charge in [-0.3, -0.25) is 0 Å². The van der Waals surface area contributed by atoms with Crippen LogP contribution in [0.3, 0.4) is 0 Å². The Morgan fingerprint density at radius 3 is 2.56 bits per heavy atom. The molecule has 2 aromatic rings. The summed E-state index contributed by atoms with van der Waals surface area (Å²) in [6, 6.07) is 9.60. The van der Waals surface area contributed by atoms with Gasteiger partial charge in [-0.1, -0.05) is 30.4 Å². The maximum Gasteiger partial charge on any atom is 0.229 e. The van der Waals surface area contributed by atoms with Crippen molar-refractivity contribution in [3.05, 3.63) is 53.2 Å². The fourth-order valence-corrected chi connectivity index (χ4v) is 1.93. The van der Waals surface area contributed by atoms with Gasteiger partial charge in [0.15, 0.2) is 0 Å². The highest BCUT2D eigenvalue weighted by Crippen LogP contribution is 2.27. The summed E-state index contributed by atoms with van der Waals surface area (Å²) < 4.78 is 5.80. The third kappa shape index (κ3) is 2.49. The van der Waals surface area contributed by atoms with Gasteiger partial charge in [0, 0.05) is 6.20 Å². The number of aromatic nitrogens is 1. The van der Waals surface area contributed by atoms with Crippen molar-refractivity contribution in [2.24, 2.45) is 5.73 Å². The van der Waals surface area contributed by atoms with Gasteiger partial charge in [-0.05, 0) is 37.1 Å². The highest BCUT2D eigenvalue weighted by atomic mass is 32.1. The Bertz CT molecular complexity index is 596. The summed E-state index contributed by atoms with van der Waals surface area (Å²) in [6.07, 6.45) is 1.69. The molecule has 4 heteroatoms. The minimum absolute atomic E-state index is 0.296. The van der Waals surface area contributed by atoms with Crippen molar-refractivity contribution in [1.82, 2.24) is 4.98 Å². The lowest BCUT2D eigenvalue weighted by Crippen LogP contribution is -2.13. The van der Waals surface area contributed by atoms with E-state index in [0.29, 0.717) is 16.4 Å². The van der Waals surface area contributed by atoms with Gasteiger partial charge < -0.3 is 10.5 Å². The molecular formula is C14H14N2OS. The summed E-state index contributed by atoms with van der Waals surface area (Å²) in [5.74, 6) is 1.21. The topological polar surface area (TPSA) is 48.1 Å². The number of ether oxygens (including phenoxy) is 1. The lowest BCUT2D eigenvalue weighted by Gasteiger charge is -2.12. The number of aryl methyl sites for hydroxylation is 2. The summed E-state index contributed by atoms with van der Waals surface area (Å²) >= 11 is 5.04. The molecule has 0 amide bonds. The molecular weight excluding hydrogens is 244 g/mol. The average Bonchev–Trinajstić information content (AvgIpc) is 2.31. The Morgan fingerprint density at radius 1 is 1.17 bits per heavy atom. The van der Waals surface area contributed by atoms with E-state index in [1.807, 2.05) is 44.2 Å². The van der Waals surface area contributed by atoms with Crippen LogP contribution in [0.4, 0.5) is 0 Å². The summed E-state index contributed by atoms with van der Waals surface area (Å²) in [5, 5.41) is 0. The van der Waals surface area contributed by atoms with Crippen molar-refractivity contribution in [1.29, 1.82) is 0 Å². The van der Waals surface area contributed by atoms with Crippen LogP contribution in [-0.2, 0) is 0 Å². The Hall–Kier alpha value is -1.94. The van der Waals surface area contributed by atoms with Crippen LogP contribution in [0.2, 0.25) is 0 Å². The first-order valence-electron chi connectivity index (χ1n) is 5.58. The van der Waals surface area contributed by atoms with Crippen LogP contribution in [0.1, 0.15) is 16.7 Å². The molecule has 0 saturated carbocycles. The second kappa shape index (κ2) is 5.14. The standard InChI is InChI=1S/C14H14N2OS/c1-9-5-3-4-6-11(9)17-14-12(13(15)18)10(2)7-8-16-14/h3-8H,1-2H3,(H2,15,18). The number of hydrogen-bond donors (Lipinski definition) is 1. The van der Waals surface area contributed by atoms with Crippen molar-refractivity contribution < 1.29 is 4.74 Å². The largest absolute Gasteiger partial charge is 0.438 e. The molecule has 1 heterocycles. The molecule has 18 heavy (non-hydrogen) atoms.